The molecule has 0 amide bonds. The van der Waals surface area contributed by atoms with Crippen LogP contribution in [0.4, 0.5) is 0 Å². The van der Waals surface area contributed by atoms with Gasteiger partial charge in [-0.2, -0.15) is 5.10 Å². The summed E-state index contributed by atoms with van der Waals surface area (Å²) in [5.74, 6) is 0.871. The summed E-state index contributed by atoms with van der Waals surface area (Å²) in [6.45, 7) is 4.38. The Balaban J connectivity index is 2.18. The number of hydrogen-bond acceptors (Lipinski definition) is 4. The Morgan fingerprint density at radius 2 is 2.20 bits per heavy atom. The molecular weight excluding hydrogens is 254 g/mol. The Morgan fingerprint density at radius 3 is 2.85 bits per heavy atom. The molecule has 0 radical (unpaired) electrons. The summed E-state index contributed by atoms with van der Waals surface area (Å²) in [6, 6.07) is 0.489. The van der Waals surface area contributed by atoms with Crippen LogP contribution in [-0.2, 0) is 20.0 Å². The van der Waals surface area contributed by atoms with Gasteiger partial charge in [-0.3, -0.25) is 4.90 Å². The van der Waals surface area contributed by atoms with Gasteiger partial charge >= 0.3 is 0 Å². The quantitative estimate of drug-likeness (QED) is 0.863. The molecule has 1 aliphatic heterocycles. The molecule has 0 aromatic carbocycles. The number of piperidine rings is 1. The molecule has 20 heavy (non-hydrogen) atoms. The Kier molecular flexibility index (Phi) is 5.43. The number of aromatic nitrogens is 2. The molecule has 1 aromatic heterocycles. The van der Waals surface area contributed by atoms with Crippen molar-refractivity contribution in [3.8, 4) is 5.88 Å². The summed E-state index contributed by atoms with van der Waals surface area (Å²) >= 11 is 0. The summed E-state index contributed by atoms with van der Waals surface area (Å²) in [5.41, 5.74) is 2.33. The van der Waals surface area contributed by atoms with Gasteiger partial charge in [0.2, 0.25) is 5.88 Å². The average Bonchev–Trinajstić information content (AvgIpc) is 2.76. The zero-order valence-corrected chi connectivity index (χ0v) is 12.9. The van der Waals surface area contributed by atoms with Crippen LogP contribution in [-0.4, -0.2) is 46.1 Å². The molecule has 5 heteroatoms. The van der Waals surface area contributed by atoms with Gasteiger partial charge in [0.25, 0.3) is 0 Å². The molecular formula is C15H27N3O2. The second kappa shape index (κ2) is 7.09. The second-order valence-corrected chi connectivity index (χ2v) is 5.54. The smallest absolute Gasteiger partial charge is 0.216 e. The lowest BCUT2D eigenvalue weighted by Crippen LogP contribution is -2.39. The number of ether oxygens (including phenoxy) is 1. The minimum absolute atomic E-state index is 0.270. The van der Waals surface area contributed by atoms with Crippen LogP contribution >= 0.6 is 0 Å². The monoisotopic (exact) mass is 281 g/mol. The lowest BCUT2D eigenvalue weighted by Gasteiger charge is -2.35. The summed E-state index contributed by atoms with van der Waals surface area (Å²) in [6.07, 6.45) is 5.48. The summed E-state index contributed by atoms with van der Waals surface area (Å²) in [4.78, 5) is 2.48. The predicted octanol–water partition coefficient (Wildman–Crippen LogP) is 1.73. The van der Waals surface area contributed by atoms with Crippen LogP contribution in [0.3, 0.4) is 0 Å². The molecule has 0 spiro atoms. The number of nitrogens with zero attached hydrogens (tertiary/aromatic N) is 3. The van der Waals surface area contributed by atoms with Crippen LogP contribution in [0, 0.1) is 0 Å². The highest BCUT2D eigenvalue weighted by molar-refractivity contribution is 5.31. The van der Waals surface area contributed by atoms with Crippen molar-refractivity contribution in [2.24, 2.45) is 7.05 Å². The molecule has 0 saturated carbocycles. The van der Waals surface area contributed by atoms with E-state index in [9.17, 15) is 5.11 Å². The van der Waals surface area contributed by atoms with Crippen LogP contribution in [0.15, 0.2) is 0 Å². The highest BCUT2D eigenvalue weighted by atomic mass is 16.5. The molecule has 1 N–H and O–H groups in total. The van der Waals surface area contributed by atoms with E-state index in [2.05, 4.69) is 16.9 Å². The standard InChI is InChI=1S/C15H27N3O2/c1-4-14-13(15(20-3)17(2)16-14)11-18-9-6-5-7-12(18)8-10-19/h12,19H,4-11H2,1-3H3. The molecule has 0 aliphatic carbocycles. The molecule has 1 atom stereocenters. The molecule has 1 aromatic rings. The summed E-state index contributed by atoms with van der Waals surface area (Å²) in [5, 5.41) is 13.8. The van der Waals surface area contributed by atoms with E-state index in [-0.39, 0.29) is 6.61 Å². The first kappa shape index (κ1) is 15.3. The molecule has 5 nitrogen and oxygen atoms in total. The first-order chi connectivity index (χ1) is 9.71. The van der Waals surface area contributed by atoms with Crippen LogP contribution in [0.2, 0.25) is 0 Å². The average molecular weight is 281 g/mol. The lowest BCUT2D eigenvalue weighted by molar-refractivity contribution is 0.111. The Hall–Kier alpha value is -1.07. The molecule has 1 fully saturated rings. The number of likely N-dealkylation sites (tertiary alicyclic amines) is 1. The fraction of sp³-hybridized carbons (Fsp3) is 0.800. The highest BCUT2D eigenvalue weighted by Crippen LogP contribution is 2.28. The van der Waals surface area contributed by atoms with E-state index < -0.39 is 0 Å². The van der Waals surface area contributed by atoms with Crippen molar-refractivity contribution in [3.05, 3.63) is 11.3 Å². The molecule has 1 unspecified atom stereocenters. The first-order valence-electron chi connectivity index (χ1n) is 7.64. The van der Waals surface area contributed by atoms with Gasteiger partial charge < -0.3 is 9.84 Å². The van der Waals surface area contributed by atoms with Gasteiger partial charge in [-0.25, -0.2) is 4.68 Å². The van der Waals surface area contributed by atoms with Crippen molar-refractivity contribution in [2.75, 3.05) is 20.3 Å². The summed E-state index contributed by atoms with van der Waals surface area (Å²) < 4.78 is 7.35. The van der Waals surface area contributed by atoms with Gasteiger partial charge in [0, 0.05) is 26.2 Å². The molecule has 2 heterocycles. The fourth-order valence-electron chi connectivity index (χ4n) is 3.25. The lowest BCUT2D eigenvalue weighted by atomic mass is 9.98. The molecule has 114 valence electrons. The van der Waals surface area contributed by atoms with Crippen LogP contribution in [0.1, 0.15) is 43.9 Å². The Bertz CT molecular complexity index is 429. The minimum atomic E-state index is 0.270. The van der Waals surface area contributed by atoms with E-state index in [1.54, 1.807) is 7.11 Å². The zero-order chi connectivity index (χ0) is 14.5. The second-order valence-electron chi connectivity index (χ2n) is 5.54. The van der Waals surface area contributed by atoms with Gasteiger partial charge in [-0.05, 0) is 32.2 Å². The predicted molar refractivity (Wildman–Crippen MR) is 78.9 cm³/mol. The van der Waals surface area contributed by atoms with Crippen LogP contribution in [0.5, 0.6) is 5.88 Å². The Morgan fingerprint density at radius 1 is 1.40 bits per heavy atom. The van der Waals surface area contributed by atoms with E-state index in [1.807, 2.05) is 11.7 Å². The van der Waals surface area contributed by atoms with Gasteiger partial charge in [0.05, 0.1) is 18.4 Å². The van der Waals surface area contributed by atoms with Gasteiger partial charge in [-0.1, -0.05) is 13.3 Å². The van der Waals surface area contributed by atoms with Crippen molar-refractivity contribution in [1.82, 2.24) is 14.7 Å². The SMILES string of the molecule is CCc1nn(C)c(OC)c1CN1CCCCC1CCO. The third kappa shape index (κ3) is 3.15. The number of aliphatic hydroxyl groups is 1. The van der Waals surface area contributed by atoms with E-state index in [0.29, 0.717) is 6.04 Å². The molecule has 1 saturated heterocycles. The summed E-state index contributed by atoms with van der Waals surface area (Å²) in [7, 11) is 3.64. The Labute approximate surface area is 121 Å². The van der Waals surface area contributed by atoms with E-state index in [4.69, 9.17) is 4.74 Å². The molecule has 0 bridgehead atoms. The maximum Gasteiger partial charge on any atom is 0.216 e. The number of aryl methyl sites for hydroxylation is 2. The topological polar surface area (TPSA) is 50.5 Å². The van der Waals surface area contributed by atoms with E-state index in [0.717, 1.165) is 37.5 Å². The van der Waals surface area contributed by atoms with Crippen molar-refractivity contribution < 1.29 is 9.84 Å². The molecule has 1 aliphatic rings. The van der Waals surface area contributed by atoms with E-state index >= 15 is 0 Å². The van der Waals surface area contributed by atoms with Gasteiger partial charge in [0.15, 0.2) is 0 Å². The minimum Gasteiger partial charge on any atom is -0.481 e. The number of rotatable bonds is 6. The van der Waals surface area contributed by atoms with E-state index in [1.165, 1.54) is 24.8 Å². The molecule has 2 rings (SSSR count). The number of hydrogen-bond donors (Lipinski definition) is 1. The van der Waals surface area contributed by atoms with Gasteiger partial charge in [-0.15, -0.1) is 0 Å². The van der Waals surface area contributed by atoms with Crippen molar-refractivity contribution in [1.29, 1.82) is 0 Å². The first-order valence-corrected chi connectivity index (χ1v) is 7.64. The highest BCUT2D eigenvalue weighted by Gasteiger charge is 2.25. The third-order valence-corrected chi connectivity index (χ3v) is 4.27. The normalized spacial score (nSPS) is 20.3. The maximum atomic E-state index is 9.24. The largest absolute Gasteiger partial charge is 0.481 e. The fourth-order valence-corrected chi connectivity index (χ4v) is 3.25. The van der Waals surface area contributed by atoms with Crippen LogP contribution in [0.25, 0.3) is 0 Å². The number of aliphatic hydroxyl groups excluding tert-OH is 1. The van der Waals surface area contributed by atoms with Crippen molar-refractivity contribution in [3.63, 3.8) is 0 Å². The maximum absolute atomic E-state index is 9.24. The van der Waals surface area contributed by atoms with Crippen molar-refractivity contribution in [2.45, 2.75) is 51.6 Å². The van der Waals surface area contributed by atoms with Crippen LogP contribution < -0.4 is 4.74 Å². The number of methoxy groups -OCH3 is 1. The third-order valence-electron chi connectivity index (χ3n) is 4.27. The van der Waals surface area contributed by atoms with Crippen molar-refractivity contribution >= 4 is 0 Å². The van der Waals surface area contributed by atoms with Gasteiger partial charge in [0.1, 0.15) is 0 Å². The zero-order valence-electron chi connectivity index (χ0n) is 12.9.